The highest BCUT2D eigenvalue weighted by Gasteiger charge is 2.29. The number of nitrogens with two attached hydrogens (primary N) is 1. The van der Waals surface area contributed by atoms with E-state index >= 15 is 0 Å². The molecule has 6 heteroatoms. The van der Waals surface area contributed by atoms with Crippen molar-refractivity contribution in [3.8, 4) is 0 Å². The Morgan fingerprint density at radius 1 is 1.33 bits per heavy atom. The largest absolute Gasteiger partial charge is 0.397 e. The van der Waals surface area contributed by atoms with Gasteiger partial charge in [-0.25, -0.2) is 12.7 Å². The van der Waals surface area contributed by atoms with Gasteiger partial charge in [0, 0.05) is 26.7 Å². The highest BCUT2D eigenvalue weighted by atomic mass is 32.2. The molecular weight excluding hydrogens is 286 g/mol. The number of nitrogens with zero attached hydrogens (tertiary/aromatic N) is 2. The first-order valence-corrected chi connectivity index (χ1v) is 8.78. The van der Waals surface area contributed by atoms with E-state index in [1.165, 1.54) is 18.4 Å². The Labute approximate surface area is 127 Å². The Kier molecular flexibility index (Phi) is 4.49. The summed E-state index contributed by atoms with van der Waals surface area (Å²) in [6.07, 6.45) is 2.24. The van der Waals surface area contributed by atoms with Crippen molar-refractivity contribution in [3.05, 3.63) is 18.2 Å². The van der Waals surface area contributed by atoms with Crippen molar-refractivity contribution in [3.63, 3.8) is 0 Å². The SMILES string of the molecule is CC(C)C1CCCN1c1cc(S(=O)(=O)N(C)C)ccc1N. The van der Waals surface area contributed by atoms with E-state index in [1.807, 2.05) is 0 Å². The molecule has 5 nitrogen and oxygen atoms in total. The van der Waals surface area contributed by atoms with Crippen LogP contribution in [-0.2, 0) is 10.0 Å². The minimum atomic E-state index is -3.43. The van der Waals surface area contributed by atoms with Crippen LogP contribution >= 0.6 is 0 Å². The fourth-order valence-corrected chi connectivity index (χ4v) is 3.85. The van der Waals surface area contributed by atoms with Gasteiger partial charge in [0.1, 0.15) is 0 Å². The molecule has 0 aromatic heterocycles. The minimum Gasteiger partial charge on any atom is -0.397 e. The summed E-state index contributed by atoms with van der Waals surface area (Å²) in [7, 11) is -0.353. The first-order chi connectivity index (χ1) is 9.75. The first kappa shape index (κ1) is 16.1. The third-order valence-electron chi connectivity index (χ3n) is 4.16. The second kappa shape index (κ2) is 5.85. The lowest BCUT2D eigenvalue weighted by molar-refractivity contribution is 0.492. The van der Waals surface area contributed by atoms with Crippen LogP contribution in [0.1, 0.15) is 26.7 Å². The molecule has 2 rings (SSSR count). The molecule has 0 amide bonds. The third-order valence-corrected chi connectivity index (χ3v) is 5.97. The Morgan fingerprint density at radius 3 is 2.57 bits per heavy atom. The molecule has 0 aliphatic carbocycles. The summed E-state index contributed by atoms with van der Waals surface area (Å²) in [4.78, 5) is 2.56. The van der Waals surface area contributed by atoms with Gasteiger partial charge in [0.25, 0.3) is 0 Å². The molecule has 0 bridgehead atoms. The Hall–Kier alpha value is -1.27. The molecule has 1 unspecified atom stereocenters. The van der Waals surface area contributed by atoms with Gasteiger partial charge >= 0.3 is 0 Å². The summed E-state index contributed by atoms with van der Waals surface area (Å²) in [6, 6.07) is 5.41. The van der Waals surface area contributed by atoms with E-state index in [2.05, 4.69) is 18.7 Å². The van der Waals surface area contributed by atoms with Crippen LogP contribution < -0.4 is 10.6 Å². The zero-order valence-corrected chi connectivity index (χ0v) is 14.0. The van der Waals surface area contributed by atoms with E-state index in [0.717, 1.165) is 25.1 Å². The quantitative estimate of drug-likeness (QED) is 0.865. The van der Waals surface area contributed by atoms with Crippen LogP contribution in [0.3, 0.4) is 0 Å². The summed E-state index contributed by atoms with van der Waals surface area (Å²) >= 11 is 0. The second-order valence-electron chi connectivity index (χ2n) is 6.16. The molecule has 1 aromatic rings. The highest BCUT2D eigenvalue weighted by molar-refractivity contribution is 7.89. The van der Waals surface area contributed by atoms with Crippen LogP contribution in [0, 0.1) is 5.92 Å². The van der Waals surface area contributed by atoms with Crippen molar-refractivity contribution in [2.24, 2.45) is 5.92 Å². The van der Waals surface area contributed by atoms with Gasteiger partial charge in [0.05, 0.1) is 16.3 Å². The van der Waals surface area contributed by atoms with E-state index in [1.54, 1.807) is 18.2 Å². The number of hydrogen-bond acceptors (Lipinski definition) is 4. The summed E-state index contributed by atoms with van der Waals surface area (Å²) in [5.74, 6) is 0.515. The number of rotatable bonds is 4. The van der Waals surface area contributed by atoms with Gasteiger partial charge in [-0.15, -0.1) is 0 Å². The van der Waals surface area contributed by atoms with Crippen LogP contribution in [-0.4, -0.2) is 39.4 Å². The lowest BCUT2D eigenvalue weighted by Crippen LogP contribution is -2.34. The monoisotopic (exact) mass is 311 g/mol. The van der Waals surface area contributed by atoms with E-state index in [0.29, 0.717) is 22.5 Å². The average Bonchev–Trinajstić information content (AvgIpc) is 2.88. The maximum atomic E-state index is 12.3. The third kappa shape index (κ3) is 3.01. The smallest absolute Gasteiger partial charge is 0.242 e. The standard InChI is InChI=1S/C15H25N3O2S/c1-11(2)14-6-5-9-18(14)15-10-12(7-8-13(15)16)21(19,20)17(3)4/h7-8,10-11,14H,5-6,9,16H2,1-4H3. The lowest BCUT2D eigenvalue weighted by Gasteiger charge is -2.31. The van der Waals surface area contributed by atoms with Gasteiger partial charge in [0.2, 0.25) is 10.0 Å². The molecule has 0 radical (unpaired) electrons. The number of benzene rings is 1. The molecule has 1 fully saturated rings. The first-order valence-electron chi connectivity index (χ1n) is 7.34. The fourth-order valence-electron chi connectivity index (χ4n) is 2.93. The van der Waals surface area contributed by atoms with Gasteiger partial charge in [-0.05, 0) is 37.0 Å². The molecule has 0 saturated carbocycles. The number of anilines is 2. The van der Waals surface area contributed by atoms with E-state index in [4.69, 9.17) is 5.73 Å². The summed E-state index contributed by atoms with van der Waals surface area (Å²) in [6.45, 7) is 5.32. The van der Waals surface area contributed by atoms with Crippen LogP contribution in [0.5, 0.6) is 0 Å². The van der Waals surface area contributed by atoms with Crippen LogP contribution in [0.15, 0.2) is 23.1 Å². The van der Waals surface area contributed by atoms with Gasteiger partial charge < -0.3 is 10.6 Å². The van der Waals surface area contributed by atoms with Gasteiger partial charge in [-0.1, -0.05) is 13.8 Å². The topological polar surface area (TPSA) is 66.6 Å². The molecule has 1 aliphatic rings. The van der Waals surface area contributed by atoms with Gasteiger partial charge in [-0.2, -0.15) is 0 Å². The summed E-state index contributed by atoms with van der Waals surface area (Å²) in [5, 5.41) is 0. The van der Waals surface area contributed by atoms with Crippen molar-refractivity contribution in [1.29, 1.82) is 0 Å². The molecule has 21 heavy (non-hydrogen) atoms. The van der Waals surface area contributed by atoms with E-state index in [-0.39, 0.29) is 0 Å². The zero-order valence-electron chi connectivity index (χ0n) is 13.2. The van der Waals surface area contributed by atoms with Gasteiger partial charge in [-0.3, -0.25) is 0 Å². The molecular formula is C15H25N3O2S. The van der Waals surface area contributed by atoms with Crippen LogP contribution in [0.2, 0.25) is 0 Å². The number of sulfonamides is 1. The summed E-state index contributed by atoms with van der Waals surface area (Å²) < 4.78 is 25.8. The number of nitrogen functional groups attached to an aromatic ring is 1. The highest BCUT2D eigenvalue weighted by Crippen LogP contribution is 2.35. The molecule has 2 N–H and O–H groups in total. The molecule has 1 aliphatic heterocycles. The van der Waals surface area contributed by atoms with Crippen molar-refractivity contribution < 1.29 is 8.42 Å². The normalized spacial score (nSPS) is 19.7. The lowest BCUT2D eigenvalue weighted by atomic mass is 10.0. The predicted molar refractivity (Wildman–Crippen MR) is 86.9 cm³/mol. The van der Waals surface area contributed by atoms with Crippen molar-refractivity contribution in [2.75, 3.05) is 31.3 Å². The Morgan fingerprint density at radius 2 is 2.00 bits per heavy atom. The van der Waals surface area contributed by atoms with E-state index in [9.17, 15) is 8.42 Å². The molecule has 1 saturated heterocycles. The zero-order chi connectivity index (χ0) is 15.8. The molecule has 1 aromatic carbocycles. The van der Waals surface area contributed by atoms with Crippen molar-refractivity contribution in [2.45, 2.75) is 37.6 Å². The maximum Gasteiger partial charge on any atom is 0.242 e. The molecule has 0 spiro atoms. The molecule has 1 heterocycles. The summed E-state index contributed by atoms with van der Waals surface area (Å²) in [5.41, 5.74) is 7.58. The van der Waals surface area contributed by atoms with Gasteiger partial charge in [0.15, 0.2) is 0 Å². The average molecular weight is 311 g/mol. The van der Waals surface area contributed by atoms with Crippen molar-refractivity contribution in [1.82, 2.24) is 4.31 Å². The predicted octanol–water partition coefficient (Wildman–Crippen LogP) is 2.14. The van der Waals surface area contributed by atoms with E-state index < -0.39 is 10.0 Å². The van der Waals surface area contributed by atoms with Crippen LogP contribution in [0.25, 0.3) is 0 Å². The minimum absolute atomic E-state index is 0.297. The Balaban J connectivity index is 2.45. The molecule has 118 valence electrons. The van der Waals surface area contributed by atoms with Crippen LogP contribution in [0.4, 0.5) is 11.4 Å². The maximum absolute atomic E-state index is 12.3. The second-order valence-corrected chi connectivity index (χ2v) is 8.31. The van der Waals surface area contributed by atoms with Crippen molar-refractivity contribution >= 4 is 21.4 Å². The number of hydrogen-bond donors (Lipinski definition) is 1. The Bertz CT molecular complexity index is 611. The molecule has 1 atom stereocenters. The fraction of sp³-hybridized carbons (Fsp3) is 0.600.